The molecular weight excluding hydrogens is 294 g/mol. The monoisotopic (exact) mass is 309 g/mol. The highest BCUT2D eigenvalue weighted by Gasteiger charge is 2.11. The first-order valence-corrected chi connectivity index (χ1v) is 6.76. The number of nitriles is 2. The molecule has 2 aromatic rings. The van der Waals surface area contributed by atoms with Gasteiger partial charge in [-0.25, -0.2) is 9.97 Å². The zero-order chi connectivity index (χ0) is 16.8. The van der Waals surface area contributed by atoms with Crippen LogP contribution in [0.1, 0.15) is 22.6 Å². The van der Waals surface area contributed by atoms with Crippen molar-refractivity contribution in [3.63, 3.8) is 0 Å². The van der Waals surface area contributed by atoms with Crippen molar-refractivity contribution in [2.24, 2.45) is 0 Å². The molecule has 0 atom stereocenters. The van der Waals surface area contributed by atoms with E-state index in [1.807, 2.05) is 24.3 Å². The lowest BCUT2D eigenvalue weighted by Crippen LogP contribution is -2.08. The molecule has 0 spiro atoms. The maximum absolute atomic E-state index is 9.02. The maximum atomic E-state index is 9.02. The number of hydrogen-bond donors (Lipinski definition) is 1. The molecule has 1 aromatic heterocycles. The highest BCUT2D eigenvalue weighted by atomic mass is 16.5. The summed E-state index contributed by atoms with van der Waals surface area (Å²) in [5, 5.41) is 21.1. The van der Waals surface area contributed by atoms with Gasteiger partial charge >= 0.3 is 0 Å². The summed E-state index contributed by atoms with van der Waals surface area (Å²) in [5.74, 6) is 1.83. The van der Waals surface area contributed by atoms with E-state index >= 15 is 0 Å². The minimum absolute atomic E-state index is 0.00213. The molecule has 0 radical (unpaired) electrons. The molecule has 116 valence electrons. The molecule has 0 bridgehead atoms. The van der Waals surface area contributed by atoms with E-state index in [0.29, 0.717) is 29.6 Å². The van der Waals surface area contributed by atoms with Crippen molar-refractivity contribution < 1.29 is 9.47 Å². The summed E-state index contributed by atoms with van der Waals surface area (Å²) < 4.78 is 10.5. The zero-order valence-corrected chi connectivity index (χ0v) is 13.0. The van der Waals surface area contributed by atoms with Crippen LogP contribution in [-0.4, -0.2) is 24.2 Å². The third kappa shape index (κ3) is 3.47. The molecule has 0 aliphatic rings. The summed E-state index contributed by atoms with van der Waals surface area (Å²) >= 11 is 0. The number of aryl methyl sites for hydroxylation is 1. The largest absolute Gasteiger partial charge is 0.497 e. The van der Waals surface area contributed by atoms with Crippen LogP contribution in [0.2, 0.25) is 0 Å². The zero-order valence-electron chi connectivity index (χ0n) is 13.0. The predicted octanol–water partition coefficient (Wildman–Crippen LogP) is 2.16. The molecule has 7 heteroatoms. The number of nitrogens with one attached hydrogen (secondary N) is 1. The number of aromatic nitrogens is 2. The van der Waals surface area contributed by atoms with Gasteiger partial charge in [-0.1, -0.05) is 0 Å². The smallest absolute Gasteiger partial charge is 0.179 e. The van der Waals surface area contributed by atoms with Gasteiger partial charge in [0.05, 0.1) is 19.9 Å². The van der Waals surface area contributed by atoms with Crippen molar-refractivity contribution in [3.05, 3.63) is 40.8 Å². The fraction of sp³-hybridized carbons (Fsp3) is 0.250. The first kappa shape index (κ1) is 16.1. The van der Waals surface area contributed by atoms with Crippen LogP contribution >= 0.6 is 0 Å². The number of rotatable bonds is 5. The Balaban J connectivity index is 2.25. The lowest BCUT2D eigenvalue weighted by Gasteiger charge is -2.13. The standard InChI is InChI=1S/C16H15N5O2/c1-10-16(21-14(8-18)13(7-17)20-10)19-9-11-4-5-12(22-2)6-15(11)23-3/h4-6H,9H2,1-3H3,(H,19,21). The molecule has 0 fully saturated rings. The molecular formula is C16H15N5O2. The summed E-state index contributed by atoms with van der Waals surface area (Å²) in [6, 6.07) is 9.23. The van der Waals surface area contributed by atoms with Crippen LogP contribution < -0.4 is 14.8 Å². The third-order valence-corrected chi connectivity index (χ3v) is 3.22. The first-order chi connectivity index (χ1) is 11.1. The summed E-state index contributed by atoms with van der Waals surface area (Å²) in [4.78, 5) is 8.23. The lowest BCUT2D eigenvalue weighted by atomic mass is 10.2. The number of methoxy groups -OCH3 is 2. The molecule has 1 N–H and O–H groups in total. The van der Waals surface area contributed by atoms with E-state index in [9.17, 15) is 0 Å². The van der Waals surface area contributed by atoms with E-state index in [0.717, 1.165) is 5.56 Å². The number of anilines is 1. The fourth-order valence-electron chi connectivity index (χ4n) is 2.02. The molecule has 0 unspecified atom stereocenters. The second kappa shape index (κ2) is 7.10. The minimum Gasteiger partial charge on any atom is -0.497 e. The van der Waals surface area contributed by atoms with Gasteiger partial charge in [0.25, 0.3) is 0 Å². The van der Waals surface area contributed by atoms with Crippen molar-refractivity contribution in [2.45, 2.75) is 13.5 Å². The van der Waals surface area contributed by atoms with E-state index in [2.05, 4.69) is 15.3 Å². The Morgan fingerprint density at radius 1 is 1.09 bits per heavy atom. The average Bonchev–Trinajstić information content (AvgIpc) is 2.60. The summed E-state index contributed by atoms with van der Waals surface area (Å²) in [7, 11) is 3.17. The van der Waals surface area contributed by atoms with Crippen molar-refractivity contribution >= 4 is 5.82 Å². The van der Waals surface area contributed by atoms with Gasteiger partial charge in [0.2, 0.25) is 0 Å². The highest BCUT2D eigenvalue weighted by molar-refractivity contribution is 5.49. The molecule has 2 rings (SSSR count). The Labute approximate surface area is 134 Å². The molecule has 23 heavy (non-hydrogen) atoms. The predicted molar refractivity (Wildman–Crippen MR) is 83.1 cm³/mol. The van der Waals surface area contributed by atoms with Crippen LogP contribution in [0.5, 0.6) is 11.5 Å². The molecule has 7 nitrogen and oxygen atoms in total. The van der Waals surface area contributed by atoms with E-state index in [4.69, 9.17) is 20.0 Å². The van der Waals surface area contributed by atoms with Gasteiger partial charge in [-0.15, -0.1) is 0 Å². The average molecular weight is 309 g/mol. The first-order valence-electron chi connectivity index (χ1n) is 6.76. The Bertz CT molecular complexity index is 805. The Kier molecular flexibility index (Phi) is 4.96. The summed E-state index contributed by atoms with van der Waals surface area (Å²) in [6.07, 6.45) is 0. The summed E-state index contributed by atoms with van der Waals surface area (Å²) in [5.41, 5.74) is 1.48. The van der Waals surface area contributed by atoms with Crippen molar-refractivity contribution in [1.29, 1.82) is 10.5 Å². The van der Waals surface area contributed by atoms with Gasteiger partial charge in [-0.05, 0) is 19.1 Å². The second-order valence-corrected chi connectivity index (χ2v) is 4.61. The Morgan fingerprint density at radius 2 is 1.78 bits per heavy atom. The summed E-state index contributed by atoms with van der Waals surface area (Å²) in [6.45, 7) is 2.15. The van der Waals surface area contributed by atoms with Gasteiger partial charge in [-0.2, -0.15) is 10.5 Å². The van der Waals surface area contributed by atoms with Gasteiger partial charge < -0.3 is 14.8 Å². The number of hydrogen-bond acceptors (Lipinski definition) is 7. The van der Waals surface area contributed by atoms with Gasteiger partial charge in [0, 0.05) is 18.2 Å². The number of benzene rings is 1. The van der Waals surface area contributed by atoms with Gasteiger partial charge in [0.1, 0.15) is 29.5 Å². The Morgan fingerprint density at radius 3 is 2.39 bits per heavy atom. The van der Waals surface area contributed by atoms with E-state index in [1.165, 1.54) is 0 Å². The topological polar surface area (TPSA) is 104 Å². The molecule has 0 saturated carbocycles. The normalized spacial score (nSPS) is 9.61. The minimum atomic E-state index is 0.00213. The molecule has 0 aliphatic heterocycles. The SMILES string of the molecule is COc1ccc(CNc2nc(C#N)c(C#N)nc2C)c(OC)c1. The molecule has 0 aliphatic carbocycles. The van der Waals surface area contributed by atoms with Crippen LogP contribution in [0.3, 0.4) is 0 Å². The van der Waals surface area contributed by atoms with Crippen LogP contribution in [0, 0.1) is 29.6 Å². The maximum Gasteiger partial charge on any atom is 0.179 e. The van der Waals surface area contributed by atoms with E-state index < -0.39 is 0 Å². The highest BCUT2D eigenvalue weighted by Crippen LogP contribution is 2.25. The van der Waals surface area contributed by atoms with Crippen molar-refractivity contribution in [1.82, 2.24) is 9.97 Å². The number of ether oxygens (including phenoxy) is 2. The van der Waals surface area contributed by atoms with Crippen LogP contribution in [0.25, 0.3) is 0 Å². The molecule has 0 amide bonds. The Hall–Kier alpha value is -3.32. The van der Waals surface area contributed by atoms with Gasteiger partial charge in [0.15, 0.2) is 11.4 Å². The molecule has 1 aromatic carbocycles. The molecule has 0 saturated heterocycles. The van der Waals surface area contributed by atoms with E-state index in [-0.39, 0.29) is 11.4 Å². The van der Waals surface area contributed by atoms with Crippen molar-refractivity contribution in [3.8, 4) is 23.6 Å². The number of nitrogens with zero attached hydrogens (tertiary/aromatic N) is 4. The second-order valence-electron chi connectivity index (χ2n) is 4.61. The van der Waals surface area contributed by atoms with Crippen LogP contribution in [0.4, 0.5) is 5.82 Å². The van der Waals surface area contributed by atoms with E-state index in [1.54, 1.807) is 27.2 Å². The van der Waals surface area contributed by atoms with Crippen molar-refractivity contribution in [2.75, 3.05) is 19.5 Å². The van der Waals surface area contributed by atoms with Crippen LogP contribution in [0.15, 0.2) is 18.2 Å². The third-order valence-electron chi connectivity index (χ3n) is 3.22. The quantitative estimate of drug-likeness (QED) is 0.902. The lowest BCUT2D eigenvalue weighted by molar-refractivity contribution is 0.391. The molecule has 1 heterocycles. The van der Waals surface area contributed by atoms with Crippen LogP contribution in [-0.2, 0) is 6.54 Å². The van der Waals surface area contributed by atoms with Gasteiger partial charge in [-0.3, -0.25) is 0 Å². The fourth-order valence-corrected chi connectivity index (χ4v) is 2.02.